The molecule has 0 amide bonds. The van der Waals surface area contributed by atoms with E-state index in [2.05, 4.69) is 0 Å². The summed E-state index contributed by atoms with van der Waals surface area (Å²) in [7, 11) is 0. The molecule has 3 rings (SSSR count). The third-order valence-electron chi connectivity index (χ3n) is 3.99. The molecule has 128 valence electrons. The van der Waals surface area contributed by atoms with Crippen molar-refractivity contribution in [1.82, 2.24) is 0 Å². The van der Waals surface area contributed by atoms with Crippen LogP contribution in [0.15, 0.2) is 30.3 Å². The molecule has 5 N–H and O–H groups in total. The number of benzene rings is 2. The molecule has 3 atom stereocenters. The van der Waals surface area contributed by atoms with Gasteiger partial charge in [0.2, 0.25) is 5.75 Å². The molecule has 7 heteroatoms. The van der Waals surface area contributed by atoms with Crippen LogP contribution in [0.1, 0.15) is 30.3 Å². The first-order chi connectivity index (χ1) is 11.4. The fraction of sp³-hybridized carbons (Fsp3) is 0.294. The highest BCUT2D eigenvalue weighted by Crippen LogP contribution is 2.50. The van der Waals surface area contributed by atoms with Gasteiger partial charge in [0.1, 0.15) is 12.2 Å². The molecular weight excluding hydrogens is 316 g/mol. The zero-order valence-electron chi connectivity index (χ0n) is 12.9. The van der Waals surface area contributed by atoms with E-state index in [9.17, 15) is 25.5 Å². The summed E-state index contributed by atoms with van der Waals surface area (Å²) in [6, 6.07) is 6.82. The number of hydrogen-bond acceptors (Lipinski definition) is 7. The molecule has 3 unspecified atom stereocenters. The number of rotatable bonds is 3. The summed E-state index contributed by atoms with van der Waals surface area (Å²) >= 11 is 0. The lowest BCUT2D eigenvalue weighted by Gasteiger charge is -2.37. The molecule has 2 aromatic carbocycles. The number of aliphatic hydroxyl groups excluding tert-OH is 1. The Morgan fingerprint density at radius 3 is 2.38 bits per heavy atom. The average molecular weight is 334 g/mol. The van der Waals surface area contributed by atoms with Crippen LogP contribution in [0.5, 0.6) is 28.7 Å². The lowest BCUT2D eigenvalue weighted by molar-refractivity contribution is -0.0998. The number of fused-ring (bicyclic) bond motifs is 1. The Balaban J connectivity index is 2.09. The van der Waals surface area contributed by atoms with Gasteiger partial charge in [0.25, 0.3) is 0 Å². The van der Waals surface area contributed by atoms with Crippen molar-refractivity contribution in [1.29, 1.82) is 0 Å². The van der Waals surface area contributed by atoms with E-state index in [0.29, 0.717) is 17.7 Å². The molecule has 24 heavy (non-hydrogen) atoms. The molecular formula is C17H18O7. The minimum Gasteiger partial charge on any atom is -0.504 e. The Bertz CT molecular complexity index is 759. The van der Waals surface area contributed by atoms with E-state index in [0.717, 1.165) is 0 Å². The van der Waals surface area contributed by atoms with E-state index in [1.54, 1.807) is 6.92 Å². The zero-order valence-corrected chi connectivity index (χ0v) is 12.9. The number of aliphatic hydroxyl groups is 1. The summed E-state index contributed by atoms with van der Waals surface area (Å²) in [5, 5.41) is 49.5. The second kappa shape index (κ2) is 6.10. The normalized spacial score (nSPS) is 22.7. The summed E-state index contributed by atoms with van der Waals surface area (Å²) in [5.41, 5.74) is 0.801. The smallest absolute Gasteiger partial charge is 0.200 e. The molecule has 0 aromatic heterocycles. The molecule has 1 heterocycles. The van der Waals surface area contributed by atoms with Crippen LogP contribution >= 0.6 is 0 Å². The van der Waals surface area contributed by atoms with Gasteiger partial charge >= 0.3 is 0 Å². The van der Waals surface area contributed by atoms with Crippen LogP contribution in [0.3, 0.4) is 0 Å². The fourth-order valence-corrected chi connectivity index (χ4v) is 2.81. The zero-order chi connectivity index (χ0) is 17.4. The van der Waals surface area contributed by atoms with Gasteiger partial charge in [-0.3, -0.25) is 0 Å². The Hall–Kier alpha value is -2.64. The van der Waals surface area contributed by atoms with E-state index < -0.39 is 24.1 Å². The second-order valence-corrected chi connectivity index (χ2v) is 5.50. The largest absolute Gasteiger partial charge is 0.504 e. The fourth-order valence-electron chi connectivity index (χ4n) is 2.81. The maximum absolute atomic E-state index is 10.6. The second-order valence-electron chi connectivity index (χ2n) is 5.50. The number of phenolic OH excluding ortho intramolecular Hbond substituents is 4. The quantitative estimate of drug-likeness (QED) is 0.545. The Kier molecular flexibility index (Phi) is 4.13. The molecule has 1 aliphatic heterocycles. The van der Waals surface area contributed by atoms with Crippen molar-refractivity contribution < 1.29 is 35.0 Å². The van der Waals surface area contributed by atoms with Crippen LogP contribution in [0.25, 0.3) is 0 Å². The van der Waals surface area contributed by atoms with Crippen LogP contribution in [0.4, 0.5) is 0 Å². The van der Waals surface area contributed by atoms with Crippen molar-refractivity contribution in [3.63, 3.8) is 0 Å². The van der Waals surface area contributed by atoms with Gasteiger partial charge in [-0.1, -0.05) is 6.07 Å². The van der Waals surface area contributed by atoms with Gasteiger partial charge in [-0.15, -0.1) is 0 Å². The highest BCUT2D eigenvalue weighted by Gasteiger charge is 2.40. The number of phenols is 4. The van der Waals surface area contributed by atoms with Gasteiger partial charge in [-0.2, -0.15) is 0 Å². The topological polar surface area (TPSA) is 120 Å². The lowest BCUT2D eigenvalue weighted by Crippen LogP contribution is -2.35. The van der Waals surface area contributed by atoms with Crippen LogP contribution in [0.2, 0.25) is 0 Å². The average Bonchev–Trinajstić information content (AvgIpc) is 2.56. The van der Waals surface area contributed by atoms with Gasteiger partial charge in [0, 0.05) is 12.2 Å². The summed E-state index contributed by atoms with van der Waals surface area (Å²) in [4.78, 5) is 0. The number of hydrogen-bond donors (Lipinski definition) is 5. The van der Waals surface area contributed by atoms with Crippen LogP contribution in [-0.2, 0) is 4.74 Å². The molecule has 0 bridgehead atoms. The molecule has 0 radical (unpaired) electrons. The Morgan fingerprint density at radius 1 is 1.00 bits per heavy atom. The van der Waals surface area contributed by atoms with Crippen LogP contribution < -0.4 is 4.74 Å². The van der Waals surface area contributed by atoms with Gasteiger partial charge in [-0.05, 0) is 36.8 Å². The van der Waals surface area contributed by atoms with Crippen LogP contribution in [0, 0.1) is 0 Å². The Morgan fingerprint density at radius 2 is 1.71 bits per heavy atom. The van der Waals surface area contributed by atoms with Crippen molar-refractivity contribution in [2.24, 2.45) is 0 Å². The summed E-state index contributed by atoms with van der Waals surface area (Å²) in [5.74, 6) is -1.45. The van der Waals surface area contributed by atoms with Crippen molar-refractivity contribution in [3.8, 4) is 28.7 Å². The molecule has 7 nitrogen and oxygen atoms in total. The number of aromatic hydroxyl groups is 4. The van der Waals surface area contributed by atoms with E-state index in [1.165, 1.54) is 30.3 Å². The van der Waals surface area contributed by atoms with Gasteiger partial charge < -0.3 is 35.0 Å². The van der Waals surface area contributed by atoms with Crippen molar-refractivity contribution in [2.75, 3.05) is 6.61 Å². The molecule has 2 aromatic rings. The van der Waals surface area contributed by atoms with E-state index in [4.69, 9.17) is 9.47 Å². The molecule has 0 aliphatic carbocycles. The molecule has 1 aliphatic rings. The maximum Gasteiger partial charge on any atom is 0.200 e. The summed E-state index contributed by atoms with van der Waals surface area (Å²) in [6.45, 7) is 2.08. The molecule has 0 saturated carbocycles. The van der Waals surface area contributed by atoms with Crippen molar-refractivity contribution in [2.45, 2.75) is 25.2 Å². The van der Waals surface area contributed by atoms with Gasteiger partial charge in [0.15, 0.2) is 29.1 Å². The molecule has 0 fully saturated rings. The van der Waals surface area contributed by atoms with Crippen molar-refractivity contribution in [3.05, 3.63) is 41.5 Å². The van der Waals surface area contributed by atoms with E-state index in [-0.39, 0.29) is 23.0 Å². The maximum atomic E-state index is 10.6. The Labute approximate surface area is 138 Å². The monoisotopic (exact) mass is 334 g/mol. The molecule has 0 saturated heterocycles. The van der Waals surface area contributed by atoms with E-state index >= 15 is 0 Å². The highest BCUT2D eigenvalue weighted by atomic mass is 16.5. The first kappa shape index (κ1) is 16.2. The minimum atomic E-state index is -1.12. The third kappa shape index (κ3) is 2.57. The SMILES string of the molecule is CCOC1c2ccc(O)c(O)c2OC(c2ccc(O)c(O)c2)C1O. The highest BCUT2D eigenvalue weighted by molar-refractivity contribution is 5.56. The summed E-state index contributed by atoms with van der Waals surface area (Å²) in [6.07, 6.45) is -2.87. The van der Waals surface area contributed by atoms with Crippen LogP contribution in [-0.4, -0.2) is 38.2 Å². The standard InChI is InChI=1S/C17H18O7/c1-2-23-16-9-4-6-11(19)13(21)17(9)24-15(14(16)22)8-3-5-10(18)12(20)7-8/h3-7,14-16,18-22H,2H2,1H3. The van der Waals surface area contributed by atoms with Crippen molar-refractivity contribution >= 4 is 0 Å². The first-order valence-electron chi connectivity index (χ1n) is 7.47. The lowest BCUT2D eigenvalue weighted by atomic mass is 9.91. The number of ether oxygens (including phenoxy) is 2. The van der Waals surface area contributed by atoms with Gasteiger partial charge in [-0.25, -0.2) is 0 Å². The predicted octanol–water partition coefficient (Wildman–Crippen LogP) is 2.08. The van der Waals surface area contributed by atoms with Gasteiger partial charge in [0.05, 0.1) is 0 Å². The van der Waals surface area contributed by atoms with E-state index in [1.807, 2.05) is 0 Å². The minimum absolute atomic E-state index is 0.0105. The summed E-state index contributed by atoms with van der Waals surface area (Å²) < 4.78 is 11.3. The molecule has 0 spiro atoms. The predicted molar refractivity (Wildman–Crippen MR) is 83.3 cm³/mol. The third-order valence-corrected chi connectivity index (χ3v) is 3.99. The first-order valence-corrected chi connectivity index (χ1v) is 7.47.